The summed E-state index contributed by atoms with van der Waals surface area (Å²) >= 11 is 0. The minimum atomic E-state index is 1.11. The van der Waals surface area contributed by atoms with Crippen LogP contribution in [-0.4, -0.2) is 5.71 Å². The van der Waals surface area contributed by atoms with Crippen molar-refractivity contribution in [1.82, 2.24) is 0 Å². The molecule has 0 radical (unpaired) electrons. The van der Waals surface area contributed by atoms with Crippen LogP contribution in [0.15, 0.2) is 16.8 Å². The van der Waals surface area contributed by atoms with Crippen LogP contribution >= 0.6 is 0 Å². The zero-order valence-electron chi connectivity index (χ0n) is 5.44. The van der Waals surface area contributed by atoms with E-state index < -0.39 is 0 Å². The first-order chi connectivity index (χ1) is 3.83. The molecule has 1 rings (SSSR count). The minimum absolute atomic E-state index is 1.11. The average Bonchev–Trinajstić information content (AvgIpc) is 2.14. The summed E-state index contributed by atoms with van der Waals surface area (Å²) in [6.07, 6.45) is 4.24. The first-order valence-corrected chi connectivity index (χ1v) is 3.04. The summed E-state index contributed by atoms with van der Waals surface area (Å²) in [5, 5.41) is 0. The van der Waals surface area contributed by atoms with E-state index in [1.165, 1.54) is 11.3 Å². The van der Waals surface area contributed by atoms with Crippen molar-refractivity contribution in [3.63, 3.8) is 0 Å². The Kier molecular flexibility index (Phi) is 1.47. The summed E-state index contributed by atoms with van der Waals surface area (Å²) in [7, 11) is 0. The molecule has 0 fully saturated rings. The molecule has 44 valence electrons. The van der Waals surface area contributed by atoms with Crippen molar-refractivity contribution in [2.75, 3.05) is 0 Å². The van der Waals surface area contributed by atoms with E-state index >= 15 is 0 Å². The van der Waals surface area contributed by atoms with E-state index in [-0.39, 0.29) is 0 Å². The number of rotatable bonds is 1. The van der Waals surface area contributed by atoms with Crippen LogP contribution in [0.25, 0.3) is 0 Å². The molecule has 1 aliphatic rings. The van der Waals surface area contributed by atoms with E-state index in [0.717, 1.165) is 12.8 Å². The lowest BCUT2D eigenvalue weighted by Gasteiger charge is -1.90. The van der Waals surface area contributed by atoms with Gasteiger partial charge in [-0.15, -0.1) is 0 Å². The quantitative estimate of drug-likeness (QED) is 0.489. The Morgan fingerprint density at radius 3 is 2.75 bits per heavy atom. The molecule has 0 N–H and O–H groups in total. The number of aliphatic imine (C=N–C) groups is 1. The summed E-state index contributed by atoms with van der Waals surface area (Å²) in [6, 6.07) is 0. The molecule has 0 bridgehead atoms. The van der Waals surface area contributed by atoms with Crippen LogP contribution < -0.4 is 0 Å². The Balaban J connectivity index is 2.49. The topological polar surface area (TPSA) is 12.4 Å². The van der Waals surface area contributed by atoms with Gasteiger partial charge in [0.05, 0.1) is 0 Å². The van der Waals surface area contributed by atoms with Gasteiger partial charge in [0.1, 0.15) is 0 Å². The Morgan fingerprint density at radius 2 is 2.50 bits per heavy atom. The number of hydrogen-bond acceptors (Lipinski definition) is 1. The van der Waals surface area contributed by atoms with Gasteiger partial charge >= 0.3 is 0 Å². The third-order valence-corrected chi connectivity index (χ3v) is 1.40. The highest BCUT2D eigenvalue weighted by Crippen LogP contribution is 2.13. The molecule has 1 aliphatic heterocycles. The Labute approximate surface area is 50.1 Å². The van der Waals surface area contributed by atoms with Crippen molar-refractivity contribution < 1.29 is 0 Å². The molecule has 8 heavy (non-hydrogen) atoms. The Hall–Kier alpha value is -0.590. The van der Waals surface area contributed by atoms with Gasteiger partial charge in [-0.3, -0.25) is 4.99 Å². The summed E-state index contributed by atoms with van der Waals surface area (Å²) in [5.74, 6) is 0. The summed E-state index contributed by atoms with van der Waals surface area (Å²) in [5.41, 5.74) is 2.71. The smallest absolute Gasteiger partial charge is 0.0262 e. The second-order valence-corrected chi connectivity index (χ2v) is 2.18. The number of nitrogens with zero attached hydrogens (tertiary/aromatic N) is 1. The van der Waals surface area contributed by atoms with Crippen molar-refractivity contribution in [1.29, 1.82) is 0 Å². The molecule has 0 aliphatic carbocycles. The molecule has 0 aromatic carbocycles. The molecule has 1 nitrogen and oxygen atoms in total. The van der Waals surface area contributed by atoms with Crippen LogP contribution in [-0.2, 0) is 0 Å². The maximum atomic E-state index is 4.14. The maximum absolute atomic E-state index is 4.14. The molecule has 0 spiro atoms. The van der Waals surface area contributed by atoms with Crippen LogP contribution in [0.2, 0.25) is 0 Å². The standard InChI is InChI=1S/C7H11N/c1-3-7-4-6(2)8-5-7/h5H,3-4H2,1-2H3. The van der Waals surface area contributed by atoms with Crippen molar-refractivity contribution in [2.24, 2.45) is 4.99 Å². The monoisotopic (exact) mass is 109 g/mol. The molecule has 0 aromatic rings. The largest absolute Gasteiger partial charge is 0.266 e. The van der Waals surface area contributed by atoms with E-state index in [4.69, 9.17) is 0 Å². The van der Waals surface area contributed by atoms with Gasteiger partial charge in [0.15, 0.2) is 0 Å². The fraction of sp³-hybridized carbons (Fsp3) is 0.571. The molecule has 0 aromatic heterocycles. The summed E-state index contributed by atoms with van der Waals surface area (Å²) < 4.78 is 0. The fourth-order valence-electron chi connectivity index (χ4n) is 0.838. The first-order valence-electron chi connectivity index (χ1n) is 3.04. The van der Waals surface area contributed by atoms with Gasteiger partial charge in [0, 0.05) is 18.3 Å². The number of allylic oxidation sites excluding steroid dienone is 1. The Bertz CT molecular complexity index is 142. The Morgan fingerprint density at radius 1 is 1.75 bits per heavy atom. The molecule has 0 amide bonds. The van der Waals surface area contributed by atoms with Crippen LogP contribution in [0.5, 0.6) is 0 Å². The van der Waals surface area contributed by atoms with Crippen LogP contribution in [0.1, 0.15) is 26.7 Å². The van der Waals surface area contributed by atoms with Crippen LogP contribution in [0.4, 0.5) is 0 Å². The molecular formula is C7H11N. The highest BCUT2D eigenvalue weighted by molar-refractivity contribution is 5.86. The second-order valence-electron chi connectivity index (χ2n) is 2.18. The third kappa shape index (κ3) is 0.971. The van der Waals surface area contributed by atoms with Crippen molar-refractivity contribution in [3.8, 4) is 0 Å². The zero-order valence-corrected chi connectivity index (χ0v) is 5.44. The van der Waals surface area contributed by atoms with Crippen LogP contribution in [0, 0.1) is 0 Å². The zero-order chi connectivity index (χ0) is 5.98. The van der Waals surface area contributed by atoms with Gasteiger partial charge in [-0.1, -0.05) is 6.92 Å². The van der Waals surface area contributed by atoms with Crippen molar-refractivity contribution >= 4 is 5.71 Å². The fourth-order valence-corrected chi connectivity index (χ4v) is 0.838. The summed E-state index contributed by atoms with van der Waals surface area (Å²) in [6.45, 7) is 4.24. The predicted molar refractivity (Wildman–Crippen MR) is 36.1 cm³/mol. The third-order valence-electron chi connectivity index (χ3n) is 1.40. The van der Waals surface area contributed by atoms with Gasteiger partial charge in [-0.2, -0.15) is 0 Å². The van der Waals surface area contributed by atoms with Gasteiger partial charge in [-0.25, -0.2) is 0 Å². The molecule has 1 heterocycles. The van der Waals surface area contributed by atoms with Gasteiger partial charge in [0.25, 0.3) is 0 Å². The highest BCUT2D eigenvalue weighted by Gasteiger charge is 2.01. The SMILES string of the molecule is CCC1=CN=C(C)C1. The lowest BCUT2D eigenvalue weighted by molar-refractivity contribution is 1.07. The predicted octanol–water partition coefficient (Wildman–Crippen LogP) is 2.14. The molecule has 0 saturated heterocycles. The highest BCUT2D eigenvalue weighted by atomic mass is 14.7. The molecule has 0 saturated carbocycles. The lowest BCUT2D eigenvalue weighted by atomic mass is 10.1. The molecule has 0 atom stereocenters. The number of hydrogen-bond donors (Lipinski definition) is 0. The van der Waals surface area contributed by atoms with E-state index in [9.17, 15) is 0 Å². The van der Waals surface area contributed by atoms with E-state index in [1.54, 1.807) is 0 Å². The normalized spacial score (nSPS) is 18.2. The van der Waals surface area contributed by atoms with Crippen molar-refractivity contribution in [2.45, 2.75) is 26.7 Å². The summed E-state index contributed by atoms with van der Waals surface area (Å²) in [4.78, 5) is 4.14. The van der Waals surface area contributed by atoms with Gasteiger partial charge < -0.3 is 0 Å². The van der Waals surface area contributed by atoms with E-state index in [1.807, 2.05) is 6.20 Å². The average molecular weight is 109 g/mol. The molecular weight excluding hydrogens is 98.1 g/mol. The van der Waals surface area contributed by atoms with Gasteiger partial charge in [-0.05, 0) is 18.9 Å². The molecule has 0 unspecified atom stereocenters. The maximum Gasteiger partial charge on any atom is 0.0262 e. The molecule has 1 heteroatoms. The van der Waals surface area contributed by atoms with Crippen LogP contribution in [0.3, 0.4) is 0 Å². The lowest BCUT2D eigenvalue weighted by Crippen LogP contribution is -1.84. The van der Waals surface area contributed by atoms with E-state index in [0.29, 0.717) is 0 Å². The first kappa shape index (κ1) is 5.54. The van der Waals surface area contributed by atoms with Crippen molar-refractivity contribution in [3.05, 3.63) is 11.8 Å². The second kappa shape index (κ2) is 2.12. The minimum Gasteiger partial charge on any atom is -0.266 e. The van der Waals surface area contributed by atoms with E-state index in [2.05, 4.69) is 18.8 Å². The van der Waals surface area contributed by atoms with Gasteiger partial charge in [0.2, 0.25) is 0 Å².